The molecule has 6 nitrogen and oxygen atoms in total. The largest absolute Gasteiger partial charge is 0.481 e. The second-order valence-corrected chi connectivity index (χ2v) is 7.06. The zero-order chi connectivity index (χ0) is 15.6. The molecule has 0 bridgehead atoms. The first-order valence-electron chi connectivity index (χ1n) is 7.75. The van der Waals surface area contributed by atoms with Crippen molar-refractivity contribution >= 4 is 12.0 Å². The molecule has 6 heteroatoms. The van der Waals surface area contributed by atoms with Crippen LogP contribution in [0, 0.1) is 17.3 Å². The highest BCUT2D eigenvalue weighted by molar-refractivity contribution is 5.76. The van der Waals surface area contributed by atoms with Crippen molar-refractivity contribution in [1.29, 1.82) is 0 Å². The smallest absolute Gasteiger partial charge is 0.317 e. The first-order chi connectivity index (χ1) is 9.81. The lowest BCUT2D eigenvalue weighted by Gasteiger charge is -2.42. The van der Waals surface area contributed by atoms with Crippen molar-refractivity contribution in [2.45, 2.75) is 26.7 Å². The number of nitrogens with zero attached hydrogens (tertiary/aromatic N) is 2. The van der Waals surface area contributed by atoms with Crippen LogP contribution in [0.1, 0.15) is 26.7 Å². The van der Waals surface area contributed by atoms with Gasteiger partial charge in [0.15, 0.2) is 0 Å². The maximum atomic E-state index is 12.1. The van der Waals surface area contributed by atoms with E-state index < -0.39 is 5.97 Å². The molecule has 1 unspecified atom stereocenters. The molecule has 2 rings (SSSR count). The molecule has 2 aliphatic rings. The van der Waals surface area contributed by atoms with Crippen molar-refractivity contribution in [1.82, 2.24) is 15.1 Å². The number of amides is 2. The molecule has 0 saturated carbocycles. The molecule has 120 valence electrons. The van der Waals surface area contributed by atoms with Crippen LogP contribution in [0.5, 0.6) is 0 Å². The number of carbonyl (C=O) groups excluding carboxylic acids is 1. The average Bonchev–Trinajstić information content (AvgIpc) is 2.38. The van der Waals surface area contributed by atoms with E-state index in [9.17, 15) is 9.59 Å². The van der Waals surface area contributed by atoms with Gasteiger partial charge in [-0.1, -0.05) is 13.8 Å². The van der Waals surface area contributed by atoms with Gasteiger partial charge in [-0.15, -0.1) is 0 Å². The molecule has 21 heavy (non-hydrogen) atoms. The van der Waals surface area contributed by atoms with Crippen molar-refractivity contribution in [2.75, 3.05) is 39.8 Å². The molecule has 1 atom stereocenters. The number of nitrogens with one attached hydrogen (secondary N) is 1. The number of urea groups is 1. The number of likely N-dealkylation sites (tertiary alicyclic amines) is 2. The lowest BCUT2D eigenvalue weighted by atomic mass is 9.80. The molecule has 2 aliphatic heterocycles. The molecule has 0 aliphatic carbocycles. The third kappa shape index (κ3) is 3.87. The summed E-state index contributed by atoms with van der Waals surface area (Å²) in [7, 11) is 2.13. The zero-order valence-electron chi connectivity index (χ0n) is 13.3. The number of carboxylic acids is 1. The normalized spacial score (nSPS) is 24.2. The van der Waals surface area contributed by atoms with E-state index in [-0.39, 0.29) is 23.3 Å². The van der Waals surface area contributed by atoms with Gasteiger partial charge < -0.3 is 20.2 Å². The Balaban J connectivity index is 1.71. The van der Waals surface area contributed by atoms with Crippen LogP contribution in [0.15, 0.2) is 0 Å². The highest BCUT2D eigenvalue weighted by Gasteiger charge is 2.38. The summed E-state index contributed by atoms with van der Waals surface area (Å²) in [6.45, 7) is 7.91. The van der Waals surface area contributed by atoms with Crippen LogP contribution in [-0.4, -0.2) is 66.7 Å². The van der Waals surface area contributed by atoms with Gasteiger partial charge in [0.25, 0.3) is 0 Å². The summed E-state index contributed by atoms with van der Waals surface area (Å²) >= 11 is 0. The van der Waals surface area contributed by atoms with Crippen molar-refractivity contribution < 1.29 is 14.7 Å². The third-order valence-corrected chi connectivity index (χ3v) is 5.15. The summed E-state index contributed by atoms with van der Waals surface area (Å²) in [5, 5.41) is 12.0. The van der Waals surface area contributed by atoms with Crippen molar-refractivity contribution in [3.63, 3.8) is 0 Å². The fourth-order valence-corrected chi connectivity index (χ4v) is 2.93. The van der Waals surface area contributed by atoms with Gasteiger partial charge in [-0.3, -0.25) is 4.79 Å². The van der Waals surface area contributed by atoms with Crippen molar-refractivity contribution in [2.24, 2.45) is 17.3 Å². The molecule has 2 amide bonds. The summed E-state index contributed by atoms with van der Waals surface area (Å²) in [6, 6.07) is -0.0519. The number of hydrogen-bond acceptors (Lipinski definition) is 3. The van der Waals surface area contributed by atoms with Crippen LogP contribution in [0.3, 0.4) is 0 Å². The molecule has 2 heterocycles. The highest BCUT2D eigenvalue weighted by Crippen LogP contribution is 2.30. The number of carboxylic acid groups (broad SMARTS) is 1. The number of piperidine rings is 1. The monoisotopic (exact) mass is 297 g/mol. The Bertz CT molecular complexity index is 399. The van der Waals surface area contributed by atoms with Gasteiger partial charge >= 0.3 is 12.0 Å². The standard InChI is InChI=1S/C15H27N3O3/c1-11(13(19)20)12-8-18(9-12)14(21)16-10-15(2)4-6-17(3)7-5-15/h11-12H,4-10H2,1-3H3,(H,16,21)(H,19,20). The first kappa shape index (κ1) is 16.1. The number of carbonyl (C=O) groups is 2. The molecular weight excluding hydrogens is 270 g/mol. The maximum absolute atomic E-state index is 12.1. The van der Waals surface area contributed by atoms with E-state index in [2.05, 4.69) is 24.2 Å². The Morgan fingerprint density at radius 1 is 1.33 bits per heavy atom. The predicted octanol–water partition coefficient (Wildman–Crippen LogP) is 1.08. The summed E-state index contributed by atoms with van der Waals surface area (Å²) < 4.78 is 0. The van der Waals surface area contributed by atoms with Crippen LogP contribution in [0.2, 0.25) is 0 Å². The van der Waals surface area contributed by atoms with Gasteiger partial charge in [0.1, 0.15) is 0 Å². The van der Waals surface area contributed by atoms with Crippen LogP contribution < -0.4 is 5.32 Å². The molecule has 2 N–H and O–H groups in total. The highest BCUT2D eigenvalue weighted by atomic mass is 16.4. The van der Waals surface area contributed by atoms with E-state index in [1.165, 1.54) is 0 Å². The van der Waals surface area contributed by atoms with Gasteiger partial charge in [-0.2, -0.15) is 0 Å². The molecule has 2 fully saturated rings. The third-order valence-electron chi connectivity index (χ3n) is 5.15. The summed E-state index contributed by atoms with van der Waals surface area (Å²) in [6.07, 6.45) is 2.20. The van der Waals surface area contributed by atoms with E-state index in [0.717, 1.165) is 25.9 Å². The lowest BCUT2D eigenvalue weighted by molar-refractivity contribution is -0.144. The molecule has 0 spiro atoms. The maximum Gasteiger partial charge on any atom is 0.317 e. The van der Waals surface area contributed by atoms with Gasteiger partial charge in [0, 0.05) is 25.6 Å². The van der Waals surface area contributed by atoms with Crippen LogP contribution in [0.25, 0.3) is 0 Å². The van der Waals surface area contributed by atoms with Crippen LogP contribution in [-0.2, 0) is 4.79 Å². The Morgan fingerprint density at radius 2 is 1.90 bits per heavy atom. The van der Waals surface area contributed by atoms with Gasteiger partial charge in [-0.25, -0.2) is 4.79 Å². The molecular formula is C15H27N3O3. The minimum atomic E-state index is -0.779. The SMILES string of the molecule is CC(C(=O)O)C1CN(C(=O)NCC2(C)CCN(C)CC2)C1. The van der Waals surface area contributed by atoms with Gasteiger partial charge in [0.2, 0.25) is 0 Å². The topological polar surface area (TPSA) is 72.9 Å². The number of hydrogen-bond donors (Lipinski definition) is 2. The van der Waals surface area contributed by atoms with Crippen molar-refractivity contribution in [3.05, 3.63) is 0 Å². The Hall–Kier alpha value is -1.30. The molecule has 2 saturated heterocycles. The Kier molecular flexibility index (Phi) is 4.76. The second kappa shape index (κ2) is 6.22. The lowest BCUT2D eigenvalue weighted by Crippen LogP contribution is -2.57. The van der Waals surface area contributed by atoms with E-state index in [4.69, 9.17) is 5.11 Å². The van der Waals surface area contributed by atoms with E-state index >= 15 is 0 Å². The molecule has 0 aromatic carbocycles. The van der Waals surface area contributed by atoms with Crippen LogP contribution in [0.4, 0.5) is 4.79 Å². The first-order valence-corrected chi connectivity index (χ1v) is 7.75. The Morgan fingerprint density at radius 3 is 2.43 bits per heavy atom. The second-order valence-electron chi connectivity index (χ2n) is 7.06. The quantitative estimate of drug-likeness (QED) is 0.814. The Labute approximate surface area is 126 Å². The number of rotatable bonds is 4. The van der Waals surface area contributed by atoms with Crippen molar-refractivity contribution in [3.8, 4) is 0 Å². The minimum Gasteiger partial charge on any atom is -0.481 e. The summed E-state index contributed by atoms with van der Waals surface area (Å²) in [4.78, 5) is 27.0. The van der Waals surface area contributed by atoms with Gasteiger partial charge in [0.05, 0.1) is 5.92 Å². The zero-order valence-corrected chi connectivity index (χ0v) is 13.3. The fourth-order valence-electron chi connectivity index (χ4n) is 2.93. The molecule has 0 aromatic heterocycles. The van der Waals surface area contributed by atoms with Crippen LogP contribution >= 0.6 is 0 Å². The molecule has 0 radical (unpaired) electrons. The van der Waals surface area contributed by atoms with E-state index in [1.54, 1.807) is 11.8 Å². The number of aliphatic carboxylic acids is 1. The van der Waals surface area contributed by atoms with Gasteiger partial charge in [-0.05, 0) is 38.4 Å². The molecule has 0 aromatic rings. The summed E-state index contributed by atoms with van der Waals surface area (Å²) in [5.74, 6) is -1.06. The minimum absolute atomic E-state index is 0.0519. The summed E-state index contributed by atoms with van der Waals surface area (Å²) in [5.41, 5.74) is 0.181. The van der Waals surface area contributed by atoms with E-state index in [0.29, 0.717) is 19.6 Å². The average molecular weight is 297 g/mol. The predicted molar refractivity (Wildman–Crippen MR) is 80.1 cm³/mol. The fraction of sp³-hybridized carbons (Fsp3) is 0.867. The van der Waals surface area contributed by atoms with E-state index in [1.807, 2.05) is 0 Å².